The highest BCUT2D eigenvalue weighted by molar-refractivity contribution is 6.39. The number of para-hydroxylation sites is 1. The summed E-state index contributed by atoms with van der Waals surface area (Å²) in [6.07, 6.45) is 1.99. The smallest absolute Gasteiger partial charge is 0.202 e. The van der Waals surface area contributed by atoms with Gasteiger partial charge in [-0.15, -0.1) is 5.73 Å². The Morgan fingerprint density at radius 3 is 2.32 bits per heavy atom. The lowest BCUT2D eigenvalue weighted by molar-refractivity contribution is 0.105. The van der Waals surface area contributed by atoms with Gasteiger partial charge in [0.2, 0.25) is 5.78 Å². The van der Waals surface area contributed by atoms with Crippen LogP contribution in [-0.4, -0.2) is 12.9 Å². The minimum Gasteiger partial charge on any atom is -0.496 e. The Kier molecular flexibility index (Phi) is 4.15. The minimum atomic E-state index is -0.130. The molecular formula is C19H15ClO2. The van der Waals surface area contributed by atoms with Crippen molar-refractivity contribution in [3.63, 3.8) is 0 Å². The topological polar surface area (TPSA) is 26.3 Å². The van der Waals surface area contributed by atoms with Gasteiger partial charge in [-0.2, -0.15) is 0 Å². The maximum absolute atomic E-state index is 12.9. The van der Waals surface area contributed by atoms with Crippen molar-refractivity contribution in [1.82, 2.24) is 0 Å². The van der Waals surface area contributed by atoms with Crippen molar-refractivity contribution >= 4 is 23.0 Å². The Bertz CT molecular complexity index is 793. The van der Waals surface area contributed by atoms with E-state index in [2.05, 4.69) is 5.73 Å². The largest absolute Gasteiger partial charge is 0.496 e. The SMILES string of the molecule is COc1ccccc1C(=C=C1CC1)C(=O)c1ccccc1Cl. The van der Waals surface area contributed by atoms with E-state index in [1.165, 1.54) is 0 Å². The van der Waals surface area contributed by atoms with Crippen LogP contribution in [0.15, 0.2) is 59.8 Å². The molecule has 0 atom stereocenters. The van der Waals surface area contributed by atoms with E-state index in [9.17, 15) is 4.79 Å². The third-order valence-electron chi connectivity index (χ3n) is 3.52. The van der Waals surface area contributed by atoms with Crippen LogP contribution in [-0.2, 0) is 0 Å². The maximum atomic E-state index is 12.9. The van der Waals surface area contributed by atoms with Crippen LogP contribution in [0.5, 0.6) is 5.75 Å². The number of hydrogen-bond donors (Lipinski definition) is 0. The summed E-state index contributed by atoms with van der Waals surface area (Å²) in [6, 6.07) is 14.6. The van der Waals surface area contributed by atoms with Gasteiger partial charge >= 0.3 is 0 Å². The van der Waals surface area contributed by atoms with Crippen molar-refractivity contribution < 1.29 is 9.53 Å². The third-order valence-corrected chi connectivity index (χ3v) is 3.85. The van der Waals surface area contributed by atoms with Crippen molar-refractivity contribution in [3.8, 4) is 5.75 Å². The predicted molar refractivity (Wildman–Crippen MR) is 88.4 cm³/mol. The molecule has 0 amide bonds. The number of halogens is 1. The van der Waals surface area contributed by atoms with Crippen LogP contribution in [0.25, 0.3) is 5.57 Å². The number of ketones is 1. The zero-order chi connectivity index (χ0) is 15.5. The average Bonchev–Trinajstić information content (AvgIpc) is 3.36. The minimum absolute atomic E-state index is 0.130. The van der Waals surface area contributed by atoms with E-state index in [1.54, 1.807) is 19.2 Å². The molecule has 0 saturated heterocycles. The molecule has 22 heavy (non-hydrogen) atoms. The van der Waals surface area contributed by atoms with Gasteiger partial charge in [-0.05, 0) is 42.7 Å². The van der Waals surface area contributed by atoms with Crippen molar-refractivity contribution in [2.75, 3.05) is 7.11 Å². The van der Waals surface area contributed by atoms with Gasteiger partial charge in [0.05, 0.1) is 17.7 Å². The fraction of sp³-hybridized carbons (Fsp3) is 0.158. The van der Waals surface area contributed by atoms with E-state index in [4.69, 9.17) is 16.3 Å². The Balaban J connectivity index is 2.16. The lowest BCUT2D eigenvalue weighted by atomic mass is 9.96. The molecule has 0 aliphatic heterocycles. The van der Waals surface area contributed by atoms with Crippen LogP contribution in [0.3, 0.4) is 0 Å². The van der Waals surface area contributed by atoms with Gasteiger partial charge in [0.15, 0.2) is 0 Å². The van der Waals surface area contributed by atoms with Crippen molar-refractivity contribution in [1.29, 1.82) is 0 Å². The van der Waals surface area contributed by atoms with Crippen molar-refractivity contribution in [2.45, 2.75) is 12.8 Å². The molecule has 3 heteroatoms. The molecule has 0 radical (unpaired) electrons. The highest BCUT2D eigenvalue weighted by Gasteiger charge is 2.21. The predicted octanol–water partition coefficient (Wildman–Crippen LogP) is 4.93. The van der Waals surface area contributed by atoms with Gasteiger partial charge in [0.25, 0.3) is 0 Å². The summed E-state index contributed by atoms with van der Waals surface area (Å²) in [5.41, 5.74) is 6.15. The number of benzene rings is 2. The normalized spacial score (nSPS) is 12.5. The Morgan fingerprint density at radius 2 is 1.68 bits per heavy atom. The first-order valence-corrected chi connectivity index (χ1v) is 7.50. The summed E-state index contributed by atoms with van der Waals surface area (Å²) in [5.74, 6) is 0.529. The second-order valence-corrected chi connectivity index (χ2v) is 5.52. The highest BCUT2D eigenvalue weighted by atomic mass is 35.5. The van der Waals surface area contributed by atoms with E-state index in [-0.39, 0.29) is 5.78 Å². The molecular weight excluding hydrogens is 296 g/mol. The van der Waals surface area contributed by atoms with Crippen LogP contribution in [0.2, 0.25) is 5.02 Å². The van der Waals surface area contributed by atoms with Gasteiger partial charge in [-0.25, -0.2) is 0 Å². The number of Topliss-reactive ketones (excluding diaryl/α,β-unsaturated/α-hetero) is 1. The molecule has 1 fully saturated rings. The molecule has 0 spiro atoms. The van der Waals surface area contributed by atoms with E-state index in [0.717, 1.165) is 24.0 Å². The molecule has 0 aromatic heterocycles. The molecule has 0 bridgehead atoms. The summed E-state index contributed by atoms with van der Waals surface area (Å²) in [7, 11) is 1.60. The number of hydrogen-bond acceptors (Lipinski definition) is 2. The first kappa shape index (κ1) is 14.6. The molecule has 1 saturated carbocycles. The van der Waals surface area contributed by atoms with Gasteiger partial charge in [-0.1, -0.05) is 35.9 Å². The van der Waals surface area contributed by atoms with E-state index in [0.29, 0.717) is 21.9 Å². The first-order valence-electron chi connectivity index (χ1n) is 7.12. The summed E-state index contributed by atoms with van der Waals surface area (Å²) in [6.45, 7) is 0. The van der Waals surface area contributed by atoms with Crippen LogP contribution in [0, 0.1) is 0 Å². The van der Waals surface area contributed by atoms with E-state index < -0.39 is 0 Å². The van der Waals surface area contributed by atoms with Gasteiger partial charge < -0.3 is 4.74 Å². The summed E-state index contributed by atoms with van der Waals surface area (Å²) in [5, 5.41) is 0.447. The molecule has 1 aliphatic carbocycles. The molecule has 2 aromatic carbocycles. The summed E-state index contributed by atoms with van der Waals surface area (Å²) in [4.78, 5) is 12.9. The zero-order valence-electron chi connectivity index (χ0n) is 12.2. The molecule has 0 unspecified atom stereocenters. The summed E-state index contributed by atoms with van der Waals surface area (Å²) < 4.78 is 5.39. The van der Waals surface area contributed by atoms with Gasteiger partial charge in [0.1, 0.15) is 5.75 Å². The van der Waals surface area contributed by atoms with Crippen LogP contribution >= 0.6 is 11.6 Å². The lowest BCUT2D eigenvalue weighted by Gasteiger charge is -2.10. The monoisotopic (exact) mass is 310 g/mol. The Morgan fingerprint density at radius 1 is 1.05 bits per heavy atom. The number of rotatable bonds is 4. The van der Waals surface area contributed by atoms with Gasteiger partial charge in [-0.3, -0.25) is 4.79 Å². The third kappa shape index (κ3) is 2.99. The Hall–Kier alpha value is -2.28. The van der Waals surface area contributed by atoms with E-state index in [1.807, 2.05) is 36.4 Å². The van der Waals surface area contributed by atoms with E-state index >= 15 is 0 Å². The second kappa shape index (κ2) is 6.23. The zero-order valence-corrected chi connectivity index (χ0v) is 13.0. The highest BCUT2D eigenvalue weighted by Crippen LogP contribution is 2.33. The number of carbonyl (C=O) groups is 1. The number of carbonyl (C=O) groups excluding carboxylic acids is 1. The molecule has 110 valence electrons. The molecule has 3 rings (SSSR count). The molecule has 1 aliphatic rings. The van der Waals surface area contributed by atoms with Crippen LogP contribution in [0.1, 0.15) is 28.8 Å². The van der Waals surface area contributed by atoms with Crippen molar-refractivity contribution in [2.24, 2.45) is 0 Å². The lowest BCUT2D eigenvalue weighted by Crippen LogP contribution is -2.04. The van der Waals surface area contributed by atoms with Crippen LogP contribution in [0.4, 0.5) is 0 Å². The summed E-state index contributed by atoms with van der Waals surface area (Å²) >= 11 is 6.18. The number of allylic oxidation sites excluding steroid dienone is 1. The molecule has 0 heterocycles. The molecule has 2 aromatic rings. The average molecular weight is 311 g/mol. The first-order chi connectivity index (χ1) is 10.7. The quantitative estimate of drug-likeness (QED) is 0.454. The maximum Gasteiger partial charge on any atom is 0.202 e. The number of methoxy groups -OCH3 is 1. The fourth-order valence-electron chi connectivity index (χ4n) is 2.24. The fourth-order valence-corrected chi connectivity index (χ4v) is 2.46. The second-order valence-electron chi connectivity index (χ2n) is 5.11. The number of ether oxygens (including phenoxy) is 1. The molecule has 2 nitrogen and oxygen atoms in total. The van der Waals surface area contributed by atoms with Crippen molar-refractivity contribution in [3.05, 3.63) is 76.0 Å². The Labute approximate surface area is 134 Å². The molecule has 0 N–H and O–H groups in total. The van der Waals surface area contributed by atoms with Crippen LogP contribution < -0.4 is 4.74 Å². The van der Waals surface area contributed by atoms with Gasteiger partial charge in [0, 0.05) is 11.1 Å². The standard InChI is InChI=1S/C19H15ClO2/c1-22-18-9-5-3-6-14(18)16(12-13-10-11-13)19(21)15-7-2-4-8-17(15)20/h2-9H,10-11H2,1H3.